The van der Waals surface area contributed by atoms with E-state index >= 15 is 0 Å². The third-order valence-corrected chi connectivity index (χ3v) is 5.46. The Labute approximate surface area is 100.0 Å². The van der Waals surface area contributed by atoms with E-state index in [1.807, 2.05) is 11.6 Å². The minimum absolute atomic E-state index is 0.130. The first kappa shape index (κ1) is 12.3. The molecule has 0 aliphatic heterocycles. The summed E-state index contributed by atoms with van der Waals surface area (Å²) in [5.41, 5.74) is 3.92. The van der Waals surface area contributed by atoms with Crippen LogP contribution < -0.4 is 10.5 Å². The van der Waals surface area contributed by atoms with Gasteiger partial charge in [0.05, 0.1) is 5.25 Å². The van der Waals surface area contributed by atoms with Gasteiger partial charge in [-0.2, -0.15) is 0 Å². The van der Waals surface area contributed by atoms with Gasteiger partial charge in [0.15, 0.2) is 0 Å². The number of sulfonamides is 1. The lowest BCUT2D eigenvalue weighted by Gasteiger charge is -2.13. The third kappa shape index (κ3) is 1.92. The van der Waals surface area contributed by atoms with Crippen molar-refractivity contribution in [3.8, 4) is 0 Å². The minimum Gasteiger partial charge on any atom is -0.369 e. The number of hydrogen-bond acceptors (Lipinski definition) is 4. The van der Waals surface area contributed by atoms with Crippen LogP contribution in [0, 0.1) is 11.3 Å². The van der Waals surface area contributed by atoms with Crippen LogP contribution in [0.4, 0.5) is 0 Å². The molecule has 2 aliphatic rings. The van der Waals surface area contributed by atoms with Gasteiger partial charge in [-0.15, -0.1) is 0 Å². The molecule has 2 atom stereocenters. The summed E-state index contributed by atoms with van der Waals surface area (Å²) in [7, 11) is -3.60. The van der Waals surface area contributed by atoms with Crippen LogP contribution in [0.15, 0.2) is 0 Å². The zero-order valence-corrected chi connectivity index (χ0v) is 10.4. The summed E-state index contributed by atoms with van der Waals surface area (Å²) in [6.07, 6.45) is 2.14. The molecule has 2 rings (SSSR count). The SMILES string of the molecule is CCC1CC1(C(N)=O)C(=O)NS(=O)(=O)C1CC1. The average Bonchev–Trinajstić information content (AvgIpc) is 3.10. The van der Waals surface area contributed by atoms with Gasteiger partial charge in [-0.25, -0.2) is 8.42 Å². The summed E-state index contributed by atoms with van der Waals surface area (Å²) >= 11 is 0. The molecular weight excluding hydrogens is 244 g/mol. The van der Waals surface area contributed by atoms with Gasteiger partial charge in [-0.3, -0.25) is 14.3 Å². The monoisotopic (exact) mass is 260 g/mol. The zero-order valence-electron chi connectivity index (χ0n) is 9.60. The molecule has 2 saturated carbocycles. The molecule has 0 aromatic carbocycles. The van der Waals surface area contributed by atoms with E-state index in [9.17, 15) is 18.0 Å². The van der Waals surface area contributed by atoms with E-state index in [0.717, 1.165) is 0 Å². The van der Waals surface area contributed by atoms with Crippen LogP contribution in [0.3, 0.4) is 0 Å². The summed E-state index contributed by atoms with van der Waals surface area (Å²) in [5, 5.41) is -0.477. The molecule has 0 bridgehead atoms. The number of nitrogens with two attached hydrogens (primary N) is 1. The maximum atomic E-state index is 11.9. The molecule has 0 spiro atoms. The molecule has 2 unspecified atom stereocenters. The van der Waals surface area contributed by atoms with E-state index in [4.69, 9.17) is 5.73 Å². The Kier molecular flexibility index (Phi) is 2.68. The van der Waals surface area contributed by atoms with Gasteiger partial charge in [0.25, 0.3) is 0 Å². The van der Waals surface area contributed by atoms with Crippen molar-refractivity contribution in [2.75, 3.05) is 0 Å². The van der Waals surface area contributed by atoms with E-state index in [1.165, 1.54) is 0 Å². The van der Waals surface area contributed by atoms with Crippen molar-refractivity contribution in [1.29, 1.82) is 0 Å². The van der Waals surface area contributed by atoms with Gasteiger partial charge in [-0.1, -0.05) is 13.3 Å². The molecule has 0 saturated heterocycles. The molecule has 7 heteroatoms. The molecule has 0 aromatic heterocycles. The molecule has 17 heavy (non-hydrogen) atoms. The molecular formula is C10H16N2O4S. The predicted octanol–water partition coefficient (Wildman–Crippen LogP) is -0.504. The van der Waals surface area contributed by atoms with Crippen molar-refractivity contribution in [1.82, 2.24) is 4.72 Å². The van der Waals surface area contributed by atoms with Gasteiger partial charge in [0.1, 0.15) is 5.41 Å². The molecule has 0 heterocycles. The second-order valence-electron chi connectivity index (χ2n) is 4.82. The fourth-order valence-corrected chi connectivity index (χ4v) is 3.56. The van der Waals surface area contributed by atoms with Crippen LogP contribution in [0.2, 0.25) is 0 Å². The predicted molar refractivity (Wildman–Crippen MR) is 60.1 cm³/mol. The molecule has 0 radical (unpaired) electrons. The maximum absolute atomic E-state index is 11.9. The van der Waals surface area contributed by atoms with Crippen molar-refractivity contribution in [2.24, 2.45) is 17.1 Å². The first-order valence-corrected chi connectivity index (χ1v) is 7.25. The molecule has 2 amide bonds. The van der Waals surface area contributed by atoms with Crippen molar-refractivity contribution in [2.45, 2.75) is 37.9 Å². The summed E-state index contributed by atoms with van der Waals surface area (Å²) in [4.78, 5) is 23.2. The lowest BCUT2D eigenvalue weighted by Crippen LogP contribution is -2.45. The molecule has 2 fully saturated rings. The van der Waals surface area contributed by atoms with Gasteiger partial charge < -0.3 is 5.73 Å². The number of hydrogen-bond donors (Lipinski definition) is 2. The Morgan fingerprint density at radius 1 is 1.41 bits per heavy atom. The minimum atomic E-state index is -3.60. The highest BCUT2D eigenvalue weighted by Crippen LogP contribution is 2.54. The number of amides is 2. The smallest absolute Gasteiger partial charge is 0.249 e. The Morgan fingerprint density at radius 3 is 2.35 bits per heavy atom. The molecule has 2 aliphatic carbocycles. The van der Waals surface area contributed by atoms with Gasteiger partial charge in [0.2, 0.25) is 21.8 Å². The van der Waals surface area contributed by atoms with Crippen LogP contribution in [0.5, 0.6) is 0 Å². The Bertz CT molecular complexity index is 469. The molecule has 3 N–H and O–H groups in total. The topological polar surface area (TPSA) is 106 Å². The second kappa shape index (κ2) is 3.69. The fourth-order valence-electron chi connectivity index (χ4n) is 2.20. The molecule has 0 aromatic rings. The third-order valence-electron chi connectivity index (χ3n) is 3.64. The summed E-state index contributed by atoms with van der Waals surface area (Å²) in [5.74, 6) is -1.61. The van der Waals surface area contributed by atoms with Crippen LogP contribution in [0.1, 0.15) is 32.6 Å². The van der Waals surface area contributed by atoms with Crippen LogP contribution >= 0.6 is 0 Å². The number of carbonyl (C=O) groups excluding carboxylic acids is 2. The Balaban J connectivity index is 2.12. The fraction of sp³-hybridized carbons (Fsp3) is 0.800. The Hall–Kier alpha value is -1.11. The van der Waals surface area contributed by atoms with Crippen molar-refractivity contribution < 1.29 is 18.0 Å². The van der Waals surface area contributed by atoms with Gasteiger partial charge in [-0.05, 0) is 25.2 Å². The maximum Gasteiger partial charge on any atom is 0.249 e. The lowest BCUT2D eigenvalue weighted by molar-refractivity contribution is -0.135. The standard InChI is InChI=1S/C10H16N2O4S/c1-2-6-5-10(6,8(11)13)9(14)12-17(15,16)7-3-4-7/h6-7H,2-5H2,1H3,(H2,11,13)(H,12,14). The van der Waals surface area contributed by atoms with E-state index in [-0.39, 0.29) is 5.92 Å². The van der Waals surface area contributed by atoms with E-state index < -0.39 is 32.5 Å². The number of rotatable bonds is 5. The normalized spacial score (nSPS) is 31.9. The summed E-state index contributed by atoms with van der Waals surface area (Å²) in [6, 6.07) is 0. The van der Waals surface area contributed by atoms with Crippen molar-refractivity contribution in [3.63, 3.8) is 0 Å². The molecule has 6 nitrogen and oxygen atoms in total. The van der Waals surface area contributed by atoms with E-state index in [1.54, 1.807) is 0 Å². The summed E-state index contributed by atoms with van der Waals surface area (Å²) in [6.45, 7) is 1.85. The van der Waals surface area contributed by atoms with Crippen LogP contribution in [0.25, 0.3) is 0 Å². The first-order chi connectivity index (χ1) is 7.84. The van der Waals surface area contributed by atoms with Gasteiger partial charge in [0, 0.05) is 0 Å². The van der Waals surface area contributed by atoms with Gasteiger partial charge >= 0.3 is 0 Å². The largest absolute Gasteiger partial charge is 0.369 e. The Morgan fingerprint density at radius 2 is 2.00 bits per heavy atom. The highest BCUT2D eigenvalue weighted by molar-refractivity contribution is 7.90. The number of carbonyl (C=O) groups is 2. The zero-order chi connectivity index (χ0) is 12.8. The summed E-state index contributed by atoms with van der Waals surface area (Å²) < 4.78 is 25.2. The van der Waals surface area contributed by atoms with Crippen LogP contribution in [-0.2, 0) is 19.6 Å². The lowest BCUT2D eigenvalue weighted by atomic mass is 10.0. The first-order valence-electron chi connectivity index (χ1n) is 5.70. The second-order valence-corrected chi connectivity index (χ2v) is 6.78. The highest BCUT2D eigenvalue weighted by atomic mass is 32.2. The van der Waals surface area contributed by atoms with Crippen LogP contribution in [-0.4, -0.2) is 25.5 Å². The van der Waals surface area contributed by atoms with E-state index in [0.29, 0.717) is 25.7 Å². The average molecular weight is 260 g/mol. The van der Waals surface area contributed by atoms with Crippen molar-refractivity contribution in [3.05, 3.63) is 0 Å². The number of nitrogens with one attached hydrogen (secondary N) is 1. The number of primary amides is 1. The van der Waals surface area contributed by atoms with E-state index in [2.05, 4.69) is 0 Å². The quantitative estimate of drug-likeness (QED) is 0.649. The highest BCUT2D eigenvalue weighted by Gasteiger charge is 2.64. The molecule has 96 valence electrons. The van der Waals surface area contributed by atoms with Crippen molar-refractivity contribution >= 4 is 21.8 Å².